The maximum atomic E-state index is 5.79. The Bertz CT molecular complexity index is 872. The lowest BCUT2D eigenvalue weighted by Gasteiger charge is -2.25. The topological polar surface area (TPSA) is 89.2 Å². The van der Waals surface area contributed by atoms with Gasteiger partial charge in [0.25, 0.3) is 0 Å². The molecule has 3 heterocycles. The highest BCUT2D eigenvalue weighted by Crippen LogP contribution is 2.29. The average Bonchev–Trinajstić information content (AvgIpc) is 3.47. The zero-order valence-electron chi connectivity index (χ0n) is 18.3. The summed E-state index contributed by atoms with van der Waals surface area (Å²) < 4.78 is 7.84. The van der Waals surface area contributed by atoms with E-state index in [0.29, 0.717) is 18.3 Å². The first-order valence-electron chi connectivity index (χ1n) is 11.2. The van der Waals surface area contributed by atoms with Gasteiger partial charge in [-0.3, -0.25) is 0 Å². The molecule has 1 aliphatic carbocycles. The lowest BCUT2D eigenvalue weighted by Crippen LogP contribution is -2.47. The van der Waals surface area contributed by atoms with Crippen LogP contribution in [0.5, 0.6) is 5.88 Å². The van der Waals surface area contributed by atoms with Gasteiger partial charge in [-0.15, -0.1) is 0 Å². The van der Waals surface area contributed by atoms with Crippen molar-refractivity contribution in [3.63, 3.8) is 0 Å². The maximum Gasteiger partial charge on any atom is 0.213 e. The number of aryl methyl sites for hydroxylation is 1. The van der Waals surface area contributed by atoms with Crippen LogP contribution in [-0.2, 0) is 19.5 Å². The quantitative estimate of drug-likeness (QED) is 0.513. The molecule has 8 nitrogen and oxygen atoms in total. The fourth-order valence-electron chi connectivity index (χ4n) is 3.49. The van der Waals surface area contributed by atoms with Crippen molar-refractivity contribution in [1.29, 1.82) is 0 Å². The number of fused-ring (bicyclic) bond motifs is 1. The first-order chi connectivity index (χ1) is 14.6. The number of hydrogen-bond donors (Lipinski definition) is 2. The SMILES string of the molecule is CCNC(=NCc1ccnc(OCC2CC2)c1)NC1CCc2nc(C(C)C)nn2C1. The smallest absolute Gasteiger partial charge is 0.213 e. The third-order valence-electron chi connectivity index (χ3n) is 5.46. The average molecular weight is 412 g/mol. The van der Waals surface area contributed by atoms with Gasteiger partial charge in [0.05, 0.1) is 19.7 Å². The Balaban J connectivity index is 1.36. The molecule has 2 aliphatic rings. The van der Waals surface area contributed by atoms with Gasteiger partial charge < -0.3 is 15.4 Å². The number of aliphatic imine (C=N–C) groups is 1. The van der Waals surface area contributed by atoms with Crippen molar-refractivity contribution in [3.05, 3.63) is 35.5 Å². The van der Waals surface area contributed by atoms with Gasteiger partial charge >= 0.3 is 0 Å². The number of aromatic nitrogens is 4. The Labute approximate surface area is 178 Å². The molecule has 1 fully saturated rings. The fourth-order valence-corrected chi connectivity index (χ4v) is 3.49. The molecule has 0 aromatic carbocycles. The molecule has 30 heavy (non-hydrogen) atoms. The standard InChI is InChI=1S/C22H33N7O/c1-4-23-22(25-12-17-9-10-24-20(11-17)30-14-16-5-6-16)26-18-7-8-19-27-21(15(2)3)28-29(19)13-18/h9-11,15-16,18H,4-8,12-14H2,1-3H3,(H2,23,25,26). The Morgan fingerprint density at radius 1 is 1.33 bits per heavy atom. The number of rotatable bonds is 8. The van der Waals surface area contributed by atoms with Crippen molar-refractivity contribution in [2.45, 2.75) is 71.5 Å². The number of pyridine rings is 1. The summed E-state index contributed by atoms with van der Waals surface area (Å²) in [6.45, 7) is 9.33. The van der Waals surface area contributed by atoms with Crippen LogP contribution < -0.4 is 15.4 Å². The lowest BCUT2D eigenvalue weighted by atomic mass is 10.1. The summed E-state index contributed by atoms with van der Waals surface area (Å²) in [5.41, 5.74) is 1.09. The summed E-state index contributed by atoms with van der Waals surface area (Å²) in [6, 6.07) is 4.27. The summed E-state index contributed by atoms with van der Waals surface area (Å²) in [5.74, 6) is 4.62. The van der Waals surface area contributed by atoms with E-state index in [2.05, 4.69) is 46.5 Å². The van der Waals surface area contributed by atoms with Crippen molar-refractivity contribution < 1.29 is 4.74 Å². The lowest BCUT2D eigenvalue weighted by molar-refractivity contribution is 0.288. The van der Waals surface area contributed by atoms with Gasteiger partial charge in [-0.05, 0) is 43.7 Å². The second-order valence-electron chi connectivity index (χ2n) is 8.55. The molecule has 2 aromatic heterocycles. The normalized spacial score (nSPS) is 18.9. The molecule has 8 heteroatoms. The molecular formula is C22H33N7O. The van der Waals surface area contributed by atoms with Gasteiger partial charge in [0.2, 0.25) is 5.88 Å². The van der Waals surface area contributed by atoms with E-state index in [1.807, 2.05) is 16.8 Å². The number of nitrogens with zero attached hydrogens (tertiary/aromatic N) is 5. The van der Waals surface area contributed by atoms with E-state index < -0.39 is 0 Å². The molecular weight excluding hydrogens is 378 g/mol. The minimum absolute atomic E-state index is 0.284. The Morgan fingerprint density at radius 3 is 2.97 bits per heavy atom. The van der Waals surface area contributed by atoms with Gasteiger partial charge in [-0.2, -0.15) is 5.10 Å². The van der Waals surface area contributed by atoms with Gasteiger partial charge in [0.1, 0.15) is 5.82 Å². The minimum atomic E-state index is 0.284. The van der Waals surface area contributed by atoms with Crippen LogP contribution in [0.25, 0.3) is 0 Å². The van der Waals surface area contributed by atoms with Gasteiger partial charge in [0.15, 0.2) is 11.8 Å². The molecule has 1 atom stereocenters. The van der Waals surface area contributed by atoms with Crippen LogP contribution in [0.1, 0.15) is 63.2 Å². The highest BCUT2D eigenvalue weighted by Gasteiger charge is 2.23. The molecule has 0 bridgehead atoms. The van der Waals surface area contributed by atoms with Gasteiger partial charge in [0, 0.05) is 37.2 Å². The van der Waals surface area contributed by atoms with E-state index in [0.717, 1.165) is 61.6 Å². The van der Waals surface area contributed by atoms with Crippen LogP contribution in [0.3, 0.4) is 0 Å². The molecule has 0 saturated heterocycles. The molecule has 0 radical (unpaired) electrons. The molecule has 0 amide bonds. The van der Waals surface area contributed by atoms with E-state index >= 15 is 0 Å². The Morgan fingerprint density at radius 2 is 2.20 bits per heavy atom. The summed E-state index contributed by atoms with van der Waals surface area (Å²) >= 11 is 0. The predicted molar refractivity (Wildman–Crippen MR) is 117 cm³/mol. The molecule has 0 spiro atoms. The molecule has 1 unspecified atom stereocenters. The zero-order valence-corrected chi connectivity index (χ0v) is 18.3. The summed E-state index contributed by atoms with van der Waals surface area (Å²) in [5, 5.41) is 11.6. The van der Waals surface area contributed by atoms with Crippen LogP contribution in [0.4, 0.5) is 0 Å². The fraction of sp³-hybridized carbons (Fsp3) is 0.636. The number of guanidine groups is 1. The molecule has 2 aromatic rings. The van der Waals surface area contributed by atoms with Crippen molar-refractivity contribution in [1.82, 2.24) is 30.4 Å². The van der Waals surface area contributed by atoms with Crippen LogP contribution in [0, 0.1) is 5.92 Å². The Kier molecular flexibility index (Phi) is 6.50. The van der Waals surface area contributed by atoms with E-state index in [9.17, 15) is 0 Å². The van der Waals surface area contributed by atoms with Crippen molar-refractivity contribution in [2.24, 2.45) is 10.9 Å². The first kappa shape index (κ1) is 20.6. The summed E-state index contributed by atoms with van der Waals surface area (Å²) in [4.78, 5) is 13.8. The van der Waals surface area contributed by atoms with E-state index in [1.54, 1.807) is 6.20 Å². The van der Waals surface area contributed by atoms with Crippen molar-refractivity contribution >= 4 is 5.96 Å². The monoisotopic (exact) mass is 411 g/mol. The molecule has 2 N–H and O–H groups in total. The van der Waals surface area contributed by atoms with Crippen LogP contribution in [0.15, 0.2) is 23.3 Å². The molecule has 162 valence electrons. The number of nitrogens with one attached hydrogen (secondary N) is 2. The first-order valence-corrected chi connectivity index (χ1v) is 11.2. The third kappa shape index (κ3) is 5.49. The highest BCUT2D eigenvalue weighted by atomic mass is 16.5. The number of hydrogen-bond acceptors (Lipinski definition) is 5. The van der Waals surface area contributed by atoms with Crippen LogP contribution in [-0.4, -0.2) is 44.9 Å². The van der Waals surface area contributed by atoms with Crippen molar-refractivity contribution in [2.75, 3.05) is 13.2 Å². The molecule has 4 rings (SSSR count). The van der Waals surface area contributed by atoms with Crippen LogP contribution in [0.2, 0.25) is 0 Å². The van der Waals surface area contributed by atoms with E-state index in [-0.39, 0.29) is 6.04 Å². The second kappa shape index (κ2) is 9.45. The Hall–Kier alpha value is -2.64. The molecule has 1 aliphatic heterocycles. The maximum absolute atomic E-state index is 5.79. The zero-order chi connectivity index (χ0) is 20.9. The summed E-state index contributed by atoms with van der Waals surface area (Å²) in [6.07, 6.45) is 6.31. The van der Waals surface area contributed by atoms with Gasteiger partial charge in [-0.25, -0.2) is 19.6 Å². The van der Waals surface area contributed by atoms with Gasteiger partial charge in [-0.1, -0.05) is 13.8 Å². The highest BCUT2D eigenvalue weighted by molar-refractivity contribution is 5.80. The minimum Gasteiger partial charge on any atom is -0.477 e. The summed E-state index contributed by atoms with van der Waals surface area (Å²) in [7, 11) is 0. The predicted octanol–water partition coefficient (Wildman–Crippen LogP) is 2.66. The number of ether oxygens (including phenoxy) is 1. The second-order valence-corrected chi connectivity index (χ2v) is 8.55. The van der Waals surface area contributed by atoms with Crippen LogP contribution >= 0.6 is 0 Å². The van der Waals surface area contributed by atoms with E-state index in [1.165, 1.54) is 12.8 Å². The largest absolute Gasteiger partial charge is 0.477 e. The molecule has 1 saturated carbocycles. The van der Waals surface area contributed by atoms with E-state index in [4.69, 9.17) is 9.73 Å². The van der Waals surface area contributed by atoms with Crippen molar-refractivity contribution in [3.8, 4) is 5.88 Å². The third-order valence-corrected chi connectivity index (χ3v) is 5.46.